The number of nitrogens with one attached hydrogen (secondary N) is 1. The molecule has 0 aliphatic carbocycles. The molecule has 0 spiro atoms. The van der Waals surface area contributed by atoms with Crippen LogP contribution >= 0.6 is 11.6 Å². The highest BCUT2D eigenvalue weighted by molar-refractivity contribution is 6.32. The van der Waals surface area contributed by atoms with Crippen LogP contribution in [0.4, 0.5) is 0 Å². The average molecular weight is 256 g/mol. The Morgan fingerprint density at radius 2 is 2.12 bits per heavy atom. The highest BCUT2D eigenvalue weighted by Crippen LogP contribution is 2.25. The fourth-order valence-electron chi connectivity index (χ4n) is 1.79. The van der Waals surface area contributed by atoms with Gasteiger partial charge in [-0.15, -0.1) is 0 Å². The van der Waals surface area contributed by atoms with Crippen LogP contribution in [-0.2, 0) is 0 Å². The van der Waals surface area contributed by atoms with Crippen molar-refractivity contribution in [3.63, 3.8) is 0 Å². The molecular weight excluding hydrogens is 234 g/mol. The zero-order valence-corrected chi connectivity index (χ0v) is 11.7. The molecule has 1 N–H and O–H groups in total. The highest BCUT2D eigenvalue weighted by Gasteiger charge is 2.08. The minimum atomic E-state index is 0.405. The van der Waals surface area contributed by atoms with Gasteiger partial charge in [0.15, 0.2) is 0 Å². The lowest BCUT2D eigenvalue weighted by Crippen LogP contribution is -2.34. The largest absolute Gasteiger partial charge is 0.490 e. The molecule has 0 heterocycles. The van der Waals surface area contributed by atoms with E-state index in [1.54, 1.807) is 0 Å². The van der Waals surface area contributed by atoms with E-state index < -0.39 is 0 Å². The number of hydrogen-bond acceptors (Lipinski definition) is 2. The van der Waals surface area contributed by atoms with Gasteiger partial charge in [-0.05, 0) is 37.6 Å². The molecule has 1 unspecified atom stereocenters. The van der Waals surface area contributed by atoms with Gasteiger partial charge >= 0.3 is 0 Å². The second-order valence-electron chi connectivity index (χ2n) is 4.29. The summed E-state index contributed by atoms with van der Waals surface area (Å²) >= 11 is 6.12. The first-order valence-electron chi connectivity index (χ1n) is 6.29. The molecule has 96 valence electrons. The van der Waals surface area contributed by atoms with Gasteiger partial charge in [0.2, 0.25) is 0 Å². The van der Waals surface area contributed by atoms with Crippen molar-refractivity contribution in [2.24, 2.45) is 0 Å². The summed E-state index contributed by atoms with van der Waals surface area (Å²) in [6.07, 6.45) is 2.28. The van der Waals surface area contributed by atoms with E-state index in [9.17, 15) is 0 Å². The van der Waals surface area contributed by atoms with Gasteiger partial charge in [-0.1, -0.05) is 37.9 Å². The molecule has 0 radical (unpaired) electrons. The first kappa shape index (κ1) is 14.3. The van der Waals surface area contributed by atoms with Crippen LogP contribution in [0.3, 0.4) is 0 Å². The first-order chi connectivity index (χ1) is 8.17. The van der Waals surface area contributed by atoms with Gasteiger partial charge in [0.05, 0.1) is 5.02 Å². The molecule has 0 fully saturated rings. The van der Waals surface area contributed by atoms with Crippen LogP contribution in [0.2, 0.25) is 5.02 Å². The second kappa shape index (κ2) is 7.57. The van der Waals surface area contributed by atoms with Crippen LogP contribution in [0.15, 0.2) is 18.2 Å². The summed E-state index contributed by atoms with van der Waals surface area (Å²) in [5.41, 5.74) is 1.15. The maximum absolute atomic E-state index is 6.12. The normalized spacial score (nSPS) is 12.5. The van der Waals surface area contributed by atoms with Gasteiger partial charge in [0.1, 0.15) is 12.4 Å². The molecule has 17 heavy (non-hydrogen) atoms. The van der Waals surface area contributed by atoms with E-state index >= 15 is 0 Å². The van der Waals surface area contributed by atoms with Crippen molar-refractivity contribution in [3.05, 3.63) is 28.8 Å². The van der Waals surface area contributed by atoms with Gasteiger partial charge < -0.3 is 10.1 Å². The van der Waals surface area contributed by atoms with E-state index in [-0.39, 0.29) is 0 Å². The van der Waals surface area contributed by atoms with Crippen LogP contribution < -0.4 is 10.1 Å². The number of ether oxygens (including phenoxy) is 1. The van der Waals surface area contributed by atoms with Crippen molar-refractivity contribution in [2.75, 3.05) is 13.2 Å². The fraction of sp³-hybridized carbons (Fsp3) is 0.571. The Morgan fingerprint density at radius 3 is 2.71 bits per heavy atom. The van der Waals surface area contributed by atoms with Crippen LogP contribution in [0.1, 0.15) is 32.3 Å². The van der Waals surface area contributed by atoms with Crippen molar-refractivity contribution in [1.29, 1.82) is 0 Å². The molecule has 0 saturated heterocycles. The fourth-order valence-corrected chi connectivity index (χ4v) is 2.08. The van der Waals surface area contributed by atoms with Crippen LogP contribution in [0.5, 0.6) is 5.75 Å². The third-order valence-electron chi connectivity index (χ3n) is 2.66. The standard InChI is InChI=1S/C14H22ClNO/c1-4-6-12(16-5-2)10-17-14-8-7-11(3)9-13(14)15/h7-9,12,16H,4-6,10H2,1-3H3. The third kappa shape index (κ3) is 4.97. The Morgan fingerprint density at radius 1 is 1.35 bits per heavy atom. The lowest BCUT2D eigenvalue weighted by atomic mass is 10.2. The molecule has 1 rings (SSSR count). The summed E-state index contributed by atoms with van der Waals surface area (Å²) < 4.78 is 5.76. The molecule has 0 bridgehead atoms. The lowest BCUT2D eigenvalue weighted by molar-refractivity contribution is 0.258. The average Bonchev–Trinajstić information content (AvgIpc) is 2.28. The van der Waals surface area contributed by atoms with Crippen LogP contribution in [-0.4, -0.2) is 19.2 Å². The molecular formula is C14H22ClNO. The van der Waals surface area contributed by atoms with Gasteiger partial charge in [0.25, 0.3) is 0 Å². The van der Waals surface area contributed by atoms with E-state index in [1.807, 2.05) is 25.1 Å². The maximum atomic E-state index is 6.12. The van der Waals surface area contributed by atoms with Gasteiger partial charge in [-0.2, -0.15) is 0 Å². The molecule has 0 aliphatic rings. The number of benzene rings is 1. The van der Waals surface area contributed by atoms with Gasteiger partial charge in [-0.25, -0.2) is 0 Å². The Bertz CT molecular complexity index is 335. The maximum Gasteiger partial charge on any atom is 0.137 e. The van der Waals surface area contributed by atoms with E-state index in [1.165, 1.54) is 0 Å². The van der Waals surface area contributed by atoms with Gasteiger partial charge in [-0.3, -0.25) is 0 Å². The highest BCUT2D eigenvalue weighted by atomic mass is 35.5. The first-order valence-corrected chi connectivity index (χ1v) is 6.67. The van der Waals surface area contributed by atoms with Crippen molar-refractivity contribution in [2.45, 2.75) is 39.7 Å². The van der Waals surface area contributed by atoms with E-state index in [2.05, 4.69) is 19.2 Å². The van der Waals surface area contributed by atoms with Crippen LogP contribution in [0.25, 0.3) is 0 Å². The third-order valence-corrected chi connectivity index (χ3v) is 2.95. The zero-order chi connectivity index (χ0) is 12.7. The quantitative estimate of drug-likeness (QED) is 0.800. The smallest absolute Gasteiger partial charge is 0.137 e. The minimum absolute atomic E-state index is 0.405. The topological polar surface area (TPSA) is 21.3 Å². The second-order valence-corrected chi connectivity index (χ2v) is 4.70. The summed E-state index contributed by atoms with van der Waals surface area (Å²) in [5.74, 6) is 0.774. The monoisotopic (exact) mass is 255 g/mol. The van der Waals surface area contributed by atoms with Crippen molar-refractivity contribution < 1.29 is 4.74 Å². The van der Waals surface area contributed by atoms with Crippen molar-refractivity contribution >= 4 is 11.6 Å². The number of halogens is 1. The van der Waals surface area contributed by atoms with Crippen molar-refractivity contribution in [3.8, 4) is 5.75 Å². The summed E-state index contributed by atoms with van der Waals surface area (Å²) in [4.78, 5) is 0. The Labute approximate surface area is 109 Å². The number of likely N-dealkylation sites (N-methyl/N-ethyl adjacent to an activating group) is 1. The molecule has 0 aromatic heterocycles. The van der Waals surface area contributed by atoms with E-state index in [0.29, 0.717) is 17.7 Å². The molecule has 1 atom stereocenters. The zero-order valence-electron chi connectivity index (χ0n) is 10.9. The Hall–Kier alpha value is -0.730. The molecule has 1 aromatic carbocycles. The summed E-state index contributed by atoms with van der Waals surface area (Å²) in [7, 11) is 0. The summed E-state index contributed by atoms with van der Waals surface area (Å²) in [6.45, 7) is 7.96. The number of rotatable bonds is 7. The van der Waals surface area contributed by atoms with E-state index in [4.69, 9.17) is 16.3 Å². The molecule has 0 amide bonds. The summed E-state index contributed by atoms with van der Waals surface area (Å²) in [6, 6.07) is 6.29. The number of aryl methyl sites for hydroxylation is 1. The molecule has 0 saturated carbocycles. The lowest BCUT2D eigenvalue weighted by Gasteiger charge is -2.18. The SMILES string of the molecule is CCCC(COc1ccc(C)cc1Cl)NCC. The Kier molecular flexibility index (Phi) is 6.38. The van der Waals surface area contributed by atoms with Crippen molar-refractivity contribution in [1.82, 2.24) is 5.32 Å². The number of hydrogen-bond donors (Lipinski definition) is 1. The molecule has 1 aromatic rings. The minimum Gasteiger partial charge on any atom is -0.490 e. The molecule has 2 nitrogen and oxygen atoms in total. The summed E-state index contributed by atoms with van der Waals surface area (Å²) in [5, 5.41) is 4.11. The Balaban J connectivity index is 2.52. The molecule has 3 heteroatoms. The molecule has 0 aliphatic heterocycles. The van der Waals surface area contributed by atoms with Crippen LogP contribution in [0, 0.1) is 6.92 Å². The van der Waals surface area contributed by atoms with E-state index in [0.717, 1.165) is 30.7 Å². The van der Waals surface area contributed by atoms with Gasteiger partial charge in [0, 0.05) is 6.04 Å². The predicted octanol–water partition coefficient (Wildman–Crippen LogP) is 3.81. The predicted molar refractivity (Wildman–Crippen MR) is 74.1 cm³/mol.